The molecule has 5 heteroatoms. The summed E-state index contributed by atoms with van der Waals surface area (Å²) >= 11 is 0. The van der Waals surface area contributed by atoms with Gasteiger partial charge in [0.1, 0.15) is 5.75 Å². The monoisotopic (exact) mass is 278 g/mol. The SMILES string of the molecule is COc1cncc(C(NN)C2(N(C)C)CCCCC2)c1. The van der Waals surface area contributed by atoms with Crippen molar-refractivity contribution in [2.45, 2.75) is 43.7 Å². The minimum atomic E-state index is 0.0427. The van der Waals surface area contributed by atoms with E-state index in [4.69, 9.17) is 10.6 Å². The Morgan fingerprint density at radius 2 is 2.00 bits per heavy atom. The van der Waals surface area contributed by atoms with Gasteiger partial charge in [0.05, 0.1) is 19.3 Å². The van der Waals surface area contributed by atoms with Crippen LogP contribution in [0.15, 0.2) is 18.5 Å². The highest BCUT2D eigenvalue weighted by atomic mass is 16.5. The Hall–Kier alpha value is -1.17. The maximum absolute atomic E-state index is 5.90. The van der Waals surface area contributed by atoms with Crippen LogP contribution in [0.3, 0.4) is 0 Å². The number of nitrogens with two attached hydrogens (primary N) is 1. The summed E-state index contributed by atoms with van der Waals surface area (Å²) in [4.78, 5) is 6.59. The van der Waals surface area contributed by atoms with Crippen molar-refractivity contribution in [2.24, 2.45) is 5.84 Å². The summed E-state index contributed by atoms with van der Waals surface area (Å²) in [6, 6.07) is 2.08. The van der Waals surface area contributed by atoms with Crippen LogP contribution in [-0.4, -0.2) is 36.6 Å². The van der Waals surface area contributed by atoms with Gasteiger partial charge >= 0.3 is 0 Å². The van der Waals surface area contributed by atoms with Gasteiger partial charge in [0.25, 0.3) is 0 Å². The van der Waals surface area contributed by atoms with Crippen LogP contribution in [0.4, 0.5) is 0 Å². The molecule has 1 aliphatic carbocycles. The molecule has 0 spiro atoms. The minimum Gasteiger partial charge on any atom is -0.495 e. The van der Waals surface area contributed by atoms with E-state index in [0.29, 0.717) is 0 Å². The lowest BCUT2D eigenvalue weighted by atomic mass is 9.73. The molecule has 1 atom stereocenters. The fourth-order valence-corrected chi connectivity index (χ4v) is 3.42. The first-order valence-electron chi connectivity index (χ1n) is 7.26. The van der Waals surface area contributed by atoms with Gasteiger partial charge in [-0.3, -0.25) is 16.3 Å². The van der Waals surface area contributed by atoms with Gasteiger partial charge in [-0.15, -0.1) is 0 Å². The highest BCUT2D eigenvalue weighted by molar-refractivity contribution is 5.28. The predicted molar refractivity (Wildman–Crippen MR) is 80.4 cm³/mol. The van der Waals surface area contributed by atoms with E-state index in [-0.39, 0.29) is 11.6 Å². The van der Waals surface area contributed by atoms with Crippen LogP contribution in [0.25, 0.3) is 0 Å². The van der Waals surface area contributed by atoms with Crippen LogP contribution in [0.5, 0.6) is 5.75 Å². The third-order valence-corrected chi connectivity index (χ3v) is 4.62. The Morgan fingerprint density at radius 3 is 2.55 bits per heavy atom. The van der Waals surface area contributed by atoms with E-state index in [1.54, 1.807) is 13.3 Å². The molecule has 20 heavy (non-hydrogen) atoms. The van der Waals surface area contributed by atoms with Crippen molar-refractivity contribution in [1.29, 1.82) is 0 Å². The number of methoxy groups -OCH3 is 1. The van der Waals surface area contributed by atoms with Gasteiger partial charge < -0.3 is 9.64 Å². The van der Waals surface area contributed by atoms with Gasteiger partial charge in [0, 0.05) is 11.7 Å². The van der Waals surface area contributed by atoms with E-state index in [1.807, 2.05) is 12.3 Å². The van der Waals surface area contributed by atoms with Gasteiger partial charge in [-0.2, -0.15) is 0 Å². The molecule has 3 N–H and O–H groups in total. The summed E-state index contributed by atoms with van der Waals surface area (Å²) in [6.45, 7) is 0. The first-order valence-corrected chi connectivity index (χ1v) is 7.26. The molecule has 112 valence electrons. The molecule has 0 bridgehead atoms. The third kappa shape index (κ3) is 2.80. The number of ether oxygens (including phenoxy) is 1. The molecule has 1 aromatic heterocycles. The lowest BCUT2D eigenvalue weighted by Gasteiger charge is -2.48. The molecule has 1 aliphatic rings. The molecule has 5 nitrogen and oxygen atoms in total. The molecule has 1 heterocycles. The first kappa shape index (κ1) is 15.2. The molecule has 0 radical (unpaired) electrons. The van der Waals surface area contributed by atoms with Crippen molar-refractivity contribution in [3.05, 3.63) is 24.0 Å². The number of hydrogen-bond acceptors (Lipinski definition) is 5. The molecule has 2 rings (SSSR count). The topological polar surface area (TPSA) is 63.4 Å². The number of likely N-dealkylation sites (N-methyl/N-ethyl adjacent to an activating group) is 1. The summed E-state index contributed by atoms with van der Waals surface area (Å²) in [5.41, 5.74) is 4.15. The molecule has 0 amide bonds. The van der Waals surface area contributed by atoms with E-state index < -0.39 is 0 Å². The maximum Gasteiger partial charge on any atom is 0.137 e. The standard InChI is InChI=1S/C15H26N4O/c1-19(2)15(7-5-4-6-8-15)14(18-16)12-9-13(20-3)11-17-10-12/h9-11,14,18H,4-8,16H2,1-3H3. The van der Waals surface area contributed by atoms with Crippen LogP contribution >= 0.6 is 0 Å². The first-order chi connectivity index (χ1) is 9.64. The molecule has 1 aromatic rings. The summed E-state index contributed by atoms with van der Waals surface area (Å²) in [5.74, 6) is 6.68. The van der Waals surface area contributed by atoms with Crippen molar-refractivity contribution >= 4 is 0 Å². The van der Waals surface area contributed by atoms with Gasteiger partial charge in [-0.1, -0.05) is 19.3 Å². The molecule has 0 aliphatic heterocycles. The largest absolute Gasteiger partial charge is 0.495 e. The average molecular weight is 278 g/mol. The average Bonchev–Trinajstić information content (AvgIpc) is 2.49. The number of aromatic nitrogens is 1. The Morgan fingerprint density at radius 1 is 1.30 bits per heavy atom. The van der Waals surface area contributed by atoms with Crippen LogP contribution in [0, 0.1) is 0 Å². The lowest BCUT2D eigenvalue weighted by Crippen LogP contribution is -2.56. The van der Waals surface area contributed by atoms with E-state index >= 15 is 0 Å². The van der Waals surface area contributed by atoms with Gasteiger partial charge in [-0.05, 0) is 38.6 Å². The van der Waals surface area contributed by atoms with Crippen molar-refractivity contribution in [3.63, 3.8) is 0 Å². The van der Waals surface area contributed by atoms with Crippen molar-refractivity contribution < 1.29 is 4.74 Å². The van der Waals surface area contributed by atoms with Gasteiger partial charge in [-0.25, -0.2) is 0 Å². The predicted octanol–water partition coefficient (Wildman–Crippen LogP) is 1.86. The second kappa shape index (κ2) is 6.52. The zero-order valence-corrected chi connectivity index (χ0v) is 12.7. The fraction of sp³-hybridized carbons (Fsp3) is 0.667. The number of nitrogens with zero attached hydrogens (tertiary/aromatic N) is 2. The summed E-state index contributed by atoms with van der Waals surface area (Å²) in [7, 11) is 5.94. The van der Waals surface area contributed by atoms with Gasteiger partial charge in [0.15, 0.2) is 0 Å². The smallest absolute Gasteiger partial charge is 0.137 e. The molecule has 1 saturated carbocycles. The summed E-state index contributed by atoms with van der Waals surface area (Å²) in [5, 5.41) is 0. The fourth-order valence-electron chi connectivity index (χ4n) is 3.42. The lowest BCUT2D eigenvalue weighted by molar-refractivity contribution is 0.0562. The molecule has 0 aromatic carbocycles. The number of pyridine rings is 1. The second-order valence-electron chi connectivity index (χ2n) is 5.82. The quantitative estimate of drug-likeness (QED) is 0.636. The summed E-state index contributed by atoms with van der Waals surface area (Å²) < 4.78 is 5.29. The molecule has 1 unspecified atom stereocenters. The molecule has 0 saturated heterocycles. The minimum absolute atomic E-state index is 0.0427. The molecule has 1 fully saturated rings. The number of rotatable bonds is 5. The summed E-state index contributed by atoms with van der Waals surface area (Å²) in [6.07, 6.45) is 9.69. The number of nitrogens with one attached hydrogen (secondary N) is 1. The van der Waals surface area contributed by atoms with E-state index in [9.17, 15) is 0 Å². The van der Waals surface area contributed by atoms with E-state index in [0.717, 1.165) is 24.2 Å². The van der Waals surface area contributed by atoms with Crippen LogP contribution < -0.4 is 16.0 Å². The normalized spacial score (nSPS) is 19.9. The zero-order valence-electron chi connectivity index (χ0n) is 12.7. The van der Waals surface area contributed by atoms with E-state index in [1.165, 1.54) is 19.3 Å². The Kier molecular flexibility index (Phi) is 4.96. The van der Waals surface area contributed by atoms with E-state index in [2.05, 4.69) is 29.4 Å². The second-order valence-corrected chi connectivity index (χ2v) is 5.82. The molecular formula is C15H26N4O. The van der Waals surface area contributed by atoms with Crippen molar-refractivity contribution in [2.75, 3.05) is 21.2 Å². The Bertz CT molecular complexity index is 430. The number of hydrogen-bond donors (Lipinski definition) is 2. The highest BCUT2D eigenvalue weighted by Gasteiger charge is 2.42. The highest BCUT2D eigenvalue weighted by Crippen LogP contribution is 2.41. The molecular weight excluding hydrogens is 252 g/mol. The Balaban J connectivity index is 2.37. The van der Waals surface area contributed by atoms with Crippen LogP contribution in [-0.2, 0) is 0 Å². The van der Waals surface area contributed by atoms with Crippen LogP contribution in [0.2, 0.25) is 0 Å². The zero-order chi connectivity index (χ0) is 14.6. The van der Waals surface area contributed by atoms with Crippen LogP contribution in [0.1, 0.15) is 43.7 Å². The number of hydrazine groups is 1. The van der Waals surface area contributed by atoms with Gasteiger partial charge in [0.2, 0.25) is 0 Å². The van der Waals surface area contributed by atoms with Crippen molar-refractivity contribution in [1.82, 2.24) is 15.3 Å². The third-order valence-electron chi connectivity index (χ3n) is 4.62. The van der Waals surface area contributed by atoms with Crippen molar-refractivity contribution in [3.8, 4) is 5.75 Å². The maximum atomic E-state index is 5.90. The Labute approximate surface area is 121 Å².